The van der Waals surface area contributed by atoms with Gasteiger partial charge in [0.1, 0.15) is 6.61 Å². The van der Waals surface area contributed by atoms with Crippen LogP contribution >= 0.6 is 0 Å². The Bertz CT molecular complexity index is 820. The lowest BCUT2D eigenvalue weighted by Gasteiger charge is -2.29. The number of nitrogens with one attached hydrogen (secondary N) is 1. The number of alkyl carbamates (subject to hydrolysis) is 1. The van der Waals surface area contributed by atoms with Crippen molar-refractivity contribution >= 4 is 12.1 Å². The van der Waals surface area contributed by atoms with Crippen LogP contribution in [0.5, 0.6) is 0 Å². The van der Waals surface area contributed by atoms with Gasteiger partial charge in [0, 0.05) is 12.5 Å². The quantitative estimate of drug-likeness (QED) is 0.868. The van der Waals surface area contributed by atoms with Crippen LogP contribution < -0.4 is 5.32 Å². The van der Waals surface area contributed by atoms with Crippen molar-refractivity contribution in [1.82, 2.24) is 5.32 Å². The molecule has 0 unspecified atom stereocenters. The van der Waals surface area contributed by atoms with Gasteiger partial charge in [-0.3, -0.25) is 4.79 Å². The molecule has 1 amide bonds. The SMILES string of the molecule is O=C(N[C@H]1COCC[C@H]1C(=O)O)OCC1c2ccccc2-c2ccccc21. The van der Waals surface area contributed by atoms with E-state index >= 15 is 0 Å². The highest BCUT2D eigenvalue weighted by atomic mass is 16.5. The summed E-state index contributed by atoms with van der Waals surface area (Å²) in [6, 6.07) is 15.6. The van der Waals surface area contributed by atoms with Crippen molar-refractivity contribution in [3.8, 4) is 11.1 Å². The molecule has 0 aromatic heterocycles. The molecule has 1 aliphatic carbocycles. The number of aliphatic carboxylic acids is 1. The first kappa shape index (κ1) is 17.5. The first-order chi connectivity index (χ1) is 13.1. The van der Waals surface area contributed by atoms with Gasteiger partial charge in [0.05, 0.1) is 18.6 Å². The van der Waals surface area contributed by atoms with Crippen LogP contribution in [-0.2, 0) is 14.3 Å². The van der Waals surface area contributed by atoms with Gasteiger partial charge in [-0.1, -0.05) is 48.5 Å². The van der Waals surface area contributed by atoms with Gasteiger partial charge < -0.3 is 19.9 Å². The van der Waals surface area contributed by atoms with Gasteiger partial charge >= 0.3 is 12.1 Å². The molecular formula is C21H21NO5. The Balaban J connectivity index is 1.44. The zero-order valence-electron chi connectivity index (χ0n) is 14.8. The van der Waals surface area contributed by atoms with E-state index in [4.69, 9.17) is 9.47 Å². The zero-order valence-corrected chi connectivity index (χ0v) is 14.8. The molecule has 6 nitrogen and oxygen atoms in total. The number of benzene rings is 2. The van der Waals surface area contributed by atoms with Crippen LogP contribution in [-0.4, -0.2) is 43.0 Å². The van der Waals surface area contributed by atoms with Crippen LogP contribution in [0.4, 0.5) is 4.79 Å². The number of carboxylic acid groups (broad SMARTS) is 1. The van der Waals surface area contributed by atoms with Crippen molar-refractivity contribution in [2.75, 3.05) is 19.8 Å². The van der Waals surface area contributed by atoms with Crippen molar-refractivity contribution in [3.05, 3.63) is 59.7 Å². The molecule has 4 rings (SSSR count). The van der Waals surface area contributed by atoms with E-state index in [9.17, 15) is 14.7 Å². The molecule has 2 atom stereocenters. The number of carbonyl (C=O) groups is 2. The molecule has 1 aliphatic heterocycles. The highest BCUT2D eigenvalue weighted by Gasteiger charge is 2.34. The largest absolute Gasteiger partial charge is 0.481 e. The number of hydrogen-bond acceptors (Lipinski definition) is 4. The molecular weight excluding hydrogens is 346 g/mol. The number of amides is 1. The molecule has 0 saturated carbocycles. The van der Waals surface area contributed by atoms with E-state index < -0.39 is 24.0 Å². The molecule has 1 saturated heterocycles. The van der Waals surface area contributed by atoms with Crippen molar-refractivity contribution in [2.45, 2.75) is 18.4 Å². The summed E-state index contributed by atoms with van der Waals surface area (Å²) in [7, 11) is 0. The second-order valence-corrected chi connectivity index (χ2v) is 6.88. The van der Waals surface area contributed by atoms with Crippen LogP contribution in [0.1, 0.15) is 23.5 Å². The minimum atomic E-state index is -0.928. The monoisotopic (exact) mass is 367 g/mol. The molecule has 0 spiro atoms. The maximum absolute atomic E-state index is 12.3. The fourth-order valence-corrected chi connectivity index (χ4v) is 3.97. The molecule has 2 aromatic rings. The number of ether oxygens (including phenoxy) is 2. The van der Waals surface area contributed by atoms with Gasteiger partial charge in [0.2, 0.25) is 0 Å². The first-order valence-corrected chi connectivity index (χ1v) is 9.07. The van der Waals surface area contributed by atoms with Crippen LogP contribution in [0.15, 0.2) is 48.5 Å². The lowest BCUT2D eigenvalue weighted by molar-refractivity contribution is -0.146. The molecule has 6 heteroatoms. The molecule has 0 radical (unpaired) electrons. The van der Waals surface area contributed by atoms with Gasteiger partial charge in [-0.2, -0.15) is 0 Å². The predicted octanol–water partition coefficient (Wildman–Crippen LogP) is 3.01. The molecule has 2 aliphatic rings. The van der Waals surface area contributed by atoms with E-state index in [1.807, 2.05) is 24.3 Å². The highest BCUT2D eigenvalue weighted by Crippen LogP contribution is 2.44. The number of carbonyl (C=O) groups excluding carboxylic acids is 1. The maximum atomic E-state index is 12.3. The summed E-state index contributed by atoms with van der Waals surface area (Å²) < 4.78 is 10.8. The summed E-state index contributed by atoms with van der Waals surface area (Å²) in [6.07, 6.45) is -0.234. The summed E-state index contributed by atoms with van der Waals surface area (Å²) >= 11 is 0. The van der Waals surface area contributed by atoms with Crippen LogP contribution in [0, 0.1) is 5.92 Å². The molecule has 1 fully saturated rings. The second kappa shape index (κ2) is 7.40. The Hall–Kier alpha value is -2.86. The maximum Gasteiger partial charge on any atom is 0.407 e. The Morgan fingerprint density at radius 1 is 1.07 bits per heavy atom. The Kier molecular flexibility index (Phi) is 4.81. The second-order valence-electron chi connectivity index (χ2n) is 6.88. The summed E-state index contributed by atoms with van der Waals surface area (Å²) in [4.78, 5) is 23.6. The Morgan fingerprint density at radius 2 is 1.70 bits per heavy atom. The summed E-state index contributed by atoms with van der Waals surface area (Å²) in [5.74, 6) is -1.61. The number of hydrogen-bond donors (Lipinski definition) is 2. The summed E-state index contributed by atoms with van der Waals surface area (Å²) in [5.41, 5.74) is 4.59. The Labute approximate surface area is 157 Å². The van der Waals surface area contributed by atoms with E-state index in [1.165, 1.54) is 0 Å². The summed E-state index contributed by atoms with van der Waals surface area (Å²) in [6.45, 7) is 0.770. The normalized spacial score (nSPS) is 21.2. The van der Waals surface area contributed by atoms with E-state index in [1.54, 1.807) is 0 Å². The summed E-state index contributed by atoms with van der Waals surface area (Å²) in [5, 5.41) is 12.0. The minimum Gasteiger partial charge on any atom is -0.481 e. The van der Waals surface area contributed by atoms with Gasteiger partial charge in [-0.15, -0.1) is 0 Å². The van der Waals surface area contributed by atoms with E-state index in [-0.39, 0.29) is 19.1 Å². The van der Waals surface area contributed by atoms with Gasteiger partial charge in [0.15, 0.2) is 0 Å². The van der Waals surface area contributed by atoms with E-state index in [0.29, 0.717) is 13.0 Å². The number of carboxylic acids is 1. The molecule has 0 bridgehead atoms. The third-order valence-electron chi connectivity index (χ3n) is 5.32. The van der Waals surface area contributed by atoms with Crippen molar-refractivity contribution in [2.24, 2.45) is 5.92 Å². The average Bonchev–Trinajstić information content (AvgIpc) is 3.00. The minimum absolute atomic E-state index is 0.0268. The zero-order chi connectivity index (χ0) is 18.8. The van der Waals surface area contributed by atoms with Crippen LogP contribution in [0.2, 0.25) is 0 Å². The molecule has 1 heterocycles. The van der Waals surface area contributed by atoms with Crippen molar-refractivity contribution in [1.29, 1.82) is 0 Å². The van der Waals surface area contributed by atoms with Gasteiger partial charge in [-0.05, 0) is 28.7 Å². The van der Waals surface area contributed by atoms with E-state index in [2.05, 4.69) is 29.6 Å². The first-order valence-electron chi connectivity index (χ1n) is 9.07. The van der Waals surface area contributed by atoms with Crippen molar-refractivity contribution < 1.29 is 24.2 Å². The van der Waals surface area contributed by atoms with E-state index in [0.717, 1.165) is 22.3 Å². The highest BCUT2D eigenvalue weighted by molar-refractivity contribution is 5.79. The molecule has 2 aromatic carbocycles. The van der Waals surface area contributed by atoms with Gasteiger partial charge in [0.25, 0.3) is 0 Å². The number of fused-ring (bicyclic) bond motifs is 3. The van der Waals surface area contributed by atoms with Gasteiger partial charge in [-0.25, -0.2) is 4.79 Å². The third-order valence-corrected chi connectivity index (χ3v) is 5.32. The smallest absolute Gasteiger partial charge is 0.407 e. The fourth-order valence-electron chi connectivity index (χ4n) is 3.97. The topological polar surface area (TPSA) is 84.9 Å². The predicted molar refractivity (Wildman–Crippen MR) is 98.6 cm³/mol. The fraction of sp³-hybridized carbons (Fsp3) is 0.333. The lowest BCUT2D eigenvalue weighted by atomic mass is 9.95. The molecule has 140 valence electrons. The lowest BCUT2D eigenvalue weighted by Crippen LogP contribution is -2.49. The van der Waals surface area contributed by atoms with Crippen LogP contribution in [0.25, 0.3) is 11.1 Å². The standard InChI is InChI=1S/C21H21NO5/c23-20(24)17-9-10-26-12-19(17)22-21(25)27-11-18-15-7-3-1-5-13(15)14-6-2-4-8-16(14)18/h1-8,17-19H,9-12H2,(H,22,25)(H,23,24)/t17-,19+/m1/s1. The van der Waals surface area contributed by atoms with Crippen LogP contribution in [0.3, 0.4) is 0 Å². The number of rotatable bonds is 4. The van der Waals surface area contributed by atoms with Crippen molar-refractivity contribution in [3.63, 3.8) is 0 Å². The average molecular weight is 367 g/mol. The molecule has 27 heavy (non-hydrogen) atoms. The molecule has 2 N–H and O–H groups in total. The third kappa shape index (κ3) is 3.40. The Morgan fingerprint density at radius 3 is 2.33 bits per heavy atom.